The third-order valence-corrected chi connectivity index (χ3v) is 3.51. The average molecular weight is 276 g/mol. The number of fused-ring (bicyclic) bond motifs is 1. The van der Waals surface area contributed by atoms with E-state index >= 15 is 0 Å². The lowest BCUT2D eigenvalue weighted by Gasteiger charge is -2.05. The van der Waals surface area contributed by atoms with E-state index in [4.69, 9.17) is 4.42 Å². The van der Waals surface area contributed by atoms with Gasteiger partial charge in [0.25, 0.3) is 0 Å². The normalized spacial score (nSPS) is 11.0. The van der Waals surface area contributed by atoms with Gasteiger partial charge in [0.2, 0.25) is 0 Å². The smallest absolute Gasteiger partial charge is 0.117 e. The molecule has 21 heavy (non-hydrogen) atoms. The molecule has 4 aromatic rings. The second-order valence-electron chi connectivity index (χ2n) is 4.85. The Balaban J connectivity index is 1.86. The predicted octanol–water partition coefficient (Wildman–Crippen LogP) is 3.99. The van der Waals surface area contributed by atoms with Crippen molar-refractivity contribution in [3.8, 4) is 22.6 Å². The number of furan rings is 1. The first-order valence-electron chi connectivity index (χ1n) is 6.60. The quantitative estimate of drug-likeness (QED) is 0.602. The van der Waals surface area contributed by atoms with Gasteiger partial charge in [-0.1, -0.05) is 12.1 Å². The van der Waals surface area contributed by atoms with Crippen molar-refractivity contribution in [2.75, 3.05) is 0 Å². The molecule has 0 aliphatic rings. The Hall–Kier alpha value is -3.01. The van der Waals surface area contributed by atoms with Crippen molar-refractivity contribution < 1.29 is 9.52 Å². The summed E-state index contributed by atoms with van der Waals surface area (Å²) in [7, 11) is 0. The van der Waals surface area contributed by atoms with Crippen LogP contribution in [0.25, 0.3) is 27.8 Å². The standard InChI is InChI=1S/C17H12N2O2/c20-15-3-1-2-14(9-15)19-11-18-16-8-12(4-5-17(16)19)13-6-7-21-10-13/h1-11,20H. The van der Waals surface area contributed by atoms with Crippen LogP contribution in [0.3, 0.4) is 0 Å². The van der Waals surface area contributed by atoms with E-state index in [2.05, 4.69) is 4.98 Å². The highest BCUT2D eigenvalue weighted by Crippen LogP contribution is 2.26. The highest BCUT2D eigenvalue weighted by Gasteiger charge is 2.07. The molecule has 0 amide bonds. The van der Waals surface area contributed by atoms with E-state index in [9.17, 15) is 5.11 Å². The maximum absolute atomic E-state index is 9.61. The number of rotatable bonds is 2. The Morgan fingerprint density at radius 3 is 2.76 bits per heavy atom. The Labute approximate surface area is 120 Å². The lowest BCUT2D eigenvalue weighted by atomic mass is 10.1. The molecule has 102 valence electrons. The third kappa shape index (κ3) is 1.97. The van der Waals surface area contributed by atoms with E-state index < -0.39 is 0 Å². The maximum Gasteiger partial charge on any atom is 0.117 e. The van der Waals surface area contributed by atoms with Gasteiger partial charge < -0.3 is 9.52 Å². The Morgan fingerprint density at radius 2 is 1.95 bits per heavy atom. The summed E-state index contributed by atoms with van der Waals surface area (Å²) in [5, 5.41) is 9.61. The number of nitrogens with zero attached hydrogens (tertiary/aromatic N) is 2. The van der Waals surface area contributed by atoms with Gasteiger partial charge >= 0.3 is 0 Å². The third-order valence-electron chi connectivity index (χ3n) is 3.51. The number of imidazole rings is 1. The molecule has 4 heteroatoms. The minimum absolute atomic E-state index is 0.240. The lowest BCUT2D eigenvalue weighted by molar-refractivity contribution is 0.475. The summed E-state index contributed by atoms with van der Waals surface area (Å²) >= 11 is 0. The van der Waals surface area contributed by atoms with Crippen molar-refractivity contribution in [1.82, 2.24) is 9.55 Å². The van der Waals surface area contributed by atoms with Gasteiger partial charge in [-0.25, -0.2) is 4.98 Å². The number of benzene rings is 2. The van der Waals surface area contributed by atoms with Gasteiger partial charge in [0.05, 0.1) is 29.2 Å². The molecule has 0 atom stereocenters. The van der Waals surface area contributed by atoms with Crippen molar-refractivity contribution in [1.29, 1.82) is 0 Å². The van der Waals surface area contributed by atoms with Gasteiger partial charge in [-0.3, -0.25) is 4.57 Å². The zero-order chi connectivity index (χ0) is 14.2. The van der Waals surface area contributed by atoms with E-state index in [1.54, 1.807) is 31.0 Å². The summed E-state index contributed by atoms with van der Waals surface area (Å²) in [5.41, 5.74) is 4.87. The Bertz CT molecular complexity index is 908. The van der Waals surface area contributed by atoms with Crippen molar-refractivity contribution in [2.45, 2.75) is 0 Å². The molecule has 1 N–H and O–H groups in total. The van der Waals surface area contributed by atoms with Crippen molar-refractivity contribution in [3.63, 3.8) is 0 Å². The summed E-state index contributed by atoms with van der Waals surface area (Å²) < 4.78 is 7.07. The molecule has 0 saturated carbocycles. The van der Waals surface area contributed by atoms with Crippen LogP contribution in [-0.2, 0) is 0 Å². The molecule has 4 rings (SSSR count). The van der Waals surface area contributed by atoms with Gasteiger partial charge in [0, 0.05) is 11.6 Å². The molecular formula is C17H12N2O2. The number of phenolic OH excluding ortho intramolecular Hbond substituents is 1. The van der Waals surface area contributed by atoms with Crippen LogP contribution in [0.15, 0.2) is 71.8 Å². The second-order valence-corrected chi connectivity index (χ2v) is 4.85. The summed E-state index contributed by atoms with van der Waals surface area (Å²) in [6.45, 7) is 0. The molecular weight excluding hydrogens is 264 g/mol. The van der Waals surface area contributed by atoms with Gasteiger partial charge in [0.15, 0.2) is 0 Å². The lowest BCUT2D eigenvalue weighted by Crippen LogP contribution is -1.91. The molecule has 0 aliphatic carbocycles. The van der Waals surface area contributed by atoms with Crippen LogP contribution >= 0.6 is 0 Å². The largest absolute Gasteiger partial charge is 0.508 e. The number of hydrogen-bond donors (Lipinski definition) is 1. The molecule has 0 fully saturated rings. The van der Waals surface area contributed by atoms with E-state index in [1.807, 2.05) is 41.0 Å². The summed E-state index contributed by atoms with van der Waals surface area (Å²) in [4.78, 5) is 4.45. The Morgan fingerprint density at radius 1 is 1.00 bits per heavy atom. The minimum Gasteiger partial charge on any atom is -0.508 e. The van der Waals surface area contributed by atoms with Crippen LogP contribution in [0.4, 0.5) is 0 Å². The summed E-state index contributed by atoms with van der Waals surface area (Å²) in [6, 6.07) is 15.1. The predicted molar refractivity (Wildman–Crippen MR) is 80.4 cm³/mol. The van der Waals surface area contributed by atoms with Gasteiger partial charge in [-0.2, -0.15) is 0 Å². The monoisotopic (exact) mass is 276 g/mol. The molecule has 2 aromatic heterocycles. The van der Waals surface area contributed by atoms with Crippen LogP contribution < -0.4 is 0 Å². The molecule has 0 aliphatic heterocycles. The number of phenols is 1. The number of aromatic hydroxyl groups is 1. The highest BCUT2D eigenvalue weighted by molar-refractivity contribution is 5.83. The molecule has 0 radical (unpaired) electrons. The van der Waals surface area contributed by atoms with Gasteiger partial charge in [-0.15, -0.1) is 0 Å². The summed E-state index contributed by atoms with van der Waals surface area (Å²) in [5.74, 6) is 0.240. The van der Waals surface area contributed by atoms with Crippen molar-refractivity contribution in [3.05, 3.63) is 67.4 Å². The fraction of sp³-hybridized carbons (Fsp3) is 0. The first-order chi connectivity index (χ1) is 10.3. The topological polar surface area (TPSA) is 51.2 Å². The van der Waals surface area contributed by atoms with Crippen molar-refractivity contribution in [2.24, 2.45) is 0 Å². The van der Waals surface area contributed by atoms with Crippen LogP contribution in [0.5, 0.6) is 5.75 Å². The first kappa shape index (κ1) is 11.8. The van der Waals surface area contributed by atoms with Crippen molar-refractivity contribution >= 4 is 11.0 Å². The molecule has 0 saturated heterocycles. The maximum atomic E-state index is 9.61. The van der Waals surface area contributed by atoms with Crippen LogP contribution in [0.1, 0.15) is 0 Å². The van der Waals surface area contributed by atoms with E-state index in [0.717, 1.165) is 27.8 Å². The first-order valence-corrected chi connectivity index (χ1v) is 6.60. The molecule has 0 unspecified atom stereocenters. The van der Waals surface area contributed by atoms with E-state index in [1.165, 1.54) is 0 Å². The molecule has 2 aromatic carbocycles. The number of aromatic nitrogens is 2. The van der Waals surface area contributed by atoms with Crippen LogP contribution in [0, 0.1) is 0 Å². The molecule has 2 heterocycles. The zero-order valence-corrected chi connectivity index (χ0v) is 11.1. The fourth-order valence-corrected chi connectivity index (χ4v) is 2.47. The summed E-state index contributed by atoms with van der Waals surface area (Å²) in [6.07, 6.45) is 5.14. The average Bonchev–Trinajstić information content (AvgIpc) is 3.16. The number of hydrogen-bond acceptors (Lipinski definition) is 3. The second kappa shape index (κ2) is 4.52. The van der Waals surface area contributed by atoms with E-state index in [0.29, 0.717) is 0 Å². The SMILES string of the molecule is Oc1cccc(-n2cnc3cc(-c4ccoc4)ccc32)c1. The fourth-order valence-electron chi connectivity index (χ4n) is 2.47. The van der Waals surface area contributed by atoms with Crippen LogP contribution in [-0.4, -0.2) is 14.7 Å². The molecule has 4 nitrogen and oxygen atoms in total. The van der Waals surface area contributed by atoms with E-state index in [-0.39, 0.29) is 5.75 Å². The Kier molecular flexibility index (Phi) is 2.54. The molecule has 0 bridgehead atoms. The minimum atomic E-state index is 0.240. The zero-order valence-electron chi connectivity index (χ0n) is 11.1. The van der Waals surface area contributed by atoms with Crippen LogP contribution in [0.2, 0.25) is 0 Å². The molecule has 0 spiro atoms. The van der Waals surface area contributed by atoms with Gasteiger partial charge in [-0.05, 0) is 35.9 Å². The van der Waals surface area contributed by atoms with Gasteiger partial charge in [0.1, 0.15) is 12.1 Å². The highest BCUT2D eigenvalue weighted by atomic mass is 16.3.